The van der Waals surface area contributed by atoms with E-state index in [0.717, 1.165) is 0 Å². The van der Waals surface area contributed by atoms with E-state index in [1.165, 1.54) is 12.1 Å². The number of rotatable bonds is 3. The number of fused-ring (bicyclic) bond motifs is 1. The average Bonchev–Trinajstić information content (AvgIpc) is 3.04. The molecule has 0 saturated carbocycles. The molecule has 2 heterocycles. The van der Waals surface area contributed by atoms with E-state index in [2.05, 4.69) is 11.1 Å². The number of pyridine rings is 1. The van der Waals surface area contributed by atoms with Crippen LogP contribution in [0.15, 0.2) is 42.5 Å². The highest BCUT2D eigenvalue weighted by molar-refractivity contribution is 6.00. The fraction of sp³-hybridized carbons (Fsp3) is 0.238. The van der Waals surface area contributed by atoms with Crippen molar-refractivity contribution in [2.45, 2.75) is 12.2 Å². The highest BCUT2D eigenvalue weighted by Gasteiger charge is 2.33. The number of methoxy groups -OCH3 is 1. The smallest absolute Gasteiger partial charge is 0.148 e. The zero-order valence-corrected chi connectivity index (χ0v) is 15.1. The highest BCUT2D eigenvalue weighted by Crippen LogP contribution is 2.38. The van der Waals surface area contributed by atoms with E-state index in [1.54, 1.807) is 42.3 Å². The SMILES string of the molecule is COc1ccc2nc(N3CC(O)C(O)C3)c(C#N)c(-c3cccc(F)c3)c2c1. The van der Waals surface area contributed by atoms with Gasteiger partial charge in [0.1, 0.15) is 29.0 Å². The van der Waals surface area contributed by atoms with Crippen LogP contribution in [0.5, 0.6) is 5.75 Å². The molecule has 0 amide bonds. The molecular weight excluding hydrogens is 361 g/mol. The van der Waals surface area contributed by atoms with Crippen molar-refractivity contribution in [3.63, 3.8) is 0 Å². The third kappa shape index (κ3) is 3.03. The third-order valence-electron chi connectivity index (χ3n) is 4.96. The molecular formula is C21H18FN3O3. The number of aliphatic hydroxyl groups is 2. The van der Waals surface area contributed by atoms with Crippen LogP contribution < -0.4 is 9.64 Å². The molecule has 1 fully saturated rings. The van der Waals surface area contributed by atoms with Crippen molar-refractivity contribution in [3.8, 4) is 22.9 Å². The number of anilines is 1. The van der Waals surface area contributed by atoms with Gasteiger partial charge in [0.05, 0.1) is 24.8 Å². The van der Waals surface area contributed by atoms with Crippen LogP contribution in [0.25, 0.3) is 22.0 Å². The Labute approximate surface area is 161 Å². The molecule has 1 aliphatic rings. The first kappa shape index (κ1) is 18.2. The minimum atomic E-state index is -0.919. The Morgan fingerprint density at radius 1 is 1.18 bits per heavy atom. The fourth-order valence-corrected chi connectivity index (χ4v) is 3.58. The number of hydrogen-bond acceptors (Lipinski definition) is 6. The topological polar surface area (TPSA) is 89.6 Å². The van der Waals surface area contributed by atoms with E-state index in [4.69, 9.17) is 4.74 Å². The Morgan fingerprint density at radius 3 is 2.57 bits per heavy atom. The Kier molecular flexibility index (Phi) is 4.59. The van der Waals surface area contributed by atoms with Crippen LogP contribution >= 0.6 is 0 Å². The van der Waals surface area contributed by atoms with Crippen LogP contribution in [-0.2, 0) is 0 Å². The predicted octanol–water partition coefficient (Wildman–Crippen LogP) is 2.46. The molecule has 1 aliphatic heterocycles. The summed E-state index contributed by atoms with van der Waals surface area (Å²) in [5.74, 6) is 0.536. The molecule has 142 valence electrons. The summed E-state index contributed by atoms with van der Waals surface area (Å²) in [6, 6.07) is 13.5. The zero-order valence-electron chi connectivity index (χ0n) is 15.1. The van der Waals surface area contributed by atoms with Gasteiger partial charge in [-0.25, -0.2) is 9.37 Å². The maximum atomic E-state index is 13.9. The van der Waals surface area contributed by atoms with Crippen molar-refractivity contribution in [3.05, 3.63) is 53.8 Å². The summed E-state index contributed by atoms with van der Waals surface area (Å²) >= 11 is 0. The Bertz CT molecular complexity index is 1090. The van der Waals surface area contributed by atoms with Crippen molar-refractivity contribution in [1.82, 2.24) is 4.98 Å². The van der Waals surface area contributed by atoms with Crippen LogP contribution in [0.2, 0.25) is 0 Å². The summed E-state index contributed by atoms with van der Waals surface area (Å²) in [4.78, 5) is 6.29. The normalized spacial score (nSPS) is 19.0. The number of β-amino-alcohol motifs (C(OH)–C–C–N with tert-alkyl or cyclic N) is 2. The Balaban J connectivity index is 2.04. The van der Waals surface area contributed by atoms with Gasteiger partial charge in [0.2, 0.25) is 0 Å². The molecule has 7 heteroatoms. The quantitative estimate of drug-likeness (QED) is 0.727. The molecule has 28 heavy (non-hydrogen) atoms. The zero-order chi connectivity index (χ0) is 19.8. The van der Waals surface area contributed by atoms with Crippen LogP contribution in [-0.4, -0.2) is 47.6 Å². The number of halogens is 1. The summed E-state index contributed by atoms with van der Waals surface area (Å²) < 4.78 is 19.2. The Morgan fingerprint density at radius 2 is 1.93 bits per heavy atom. The van der Waals surface area contributed by atoms with Gasteiger partial charge in [-0.15, -0.1) is 0 Å². The molecule has 0 radical (unpaired) electrons. The van der Waals surface area contributed by atoms with Gasteiger partial charge in [0.25, 0.3) is 0 Å². The van der Waals surface area contributed by atoms with Crippen molar-refractivity contribution < 1.29 is 19.3 Å². The summed E-state index contributed by atoms with van der Waals surface area (Å²) in [7, 11) is 1.54. The molecule has 0 bridgehead atoms. The number of benzene rings is 2. The number of ether oxygens (including phenoxy) is 1. The molecule has 2 unspecified atom stereocenters. The minimum Gasteiger partial charge on any atom is -0.497 e. The molecule has 2 aromatic carbocycles. The first-order valence-corrected chi connectivity index (χ1v) is 8.80. The second kappa shape index (κ2) is 7.08. The van der Waals surface area contributed by atoms with E-state index in [0.29, 0.717) is 33.6 Å². The molecule has 3 aromatic rings. The molecule has 1 saturated heterocycles. The fourth-order valence-electron chi connectivity index (χ4n) is 3.58. The van der Waals surface area contributed by atoms with Crippen molar-refractivity contribution >= 4 is 16.7 Å². The van der Waals surface area contributed by atoms with E-state index >= 15 is 0 Å². The van der Waals surface area contributed by atoms with Gasteiger partial charge in [-0.1, -0.05) is 12.1 Å². The van der Waals surface area contributed by atoms with Gasteiger partial charge in [-0.3, -0.25) is 0 Å². The molecule has 0 aliphatic carbocycles. The second-order valence-corrected chi connectivity index (χ2v) is 6.73. The molecule has 2 N–H and O–H groups in total. The lowest BCUT2D eigenvalue weighted by Gasteiger charge is -2.21. The van der Waals surface area contributed by atoms with Crippen molar-refractivity contribution in [2.24, 2.45) is 0 Å². The number of nitriles is 1. The molecule has 0 spiro atoms. The van der Waals surface area contributed by atoms with Crippen LogP contribution in [0, 0.1) is 17.1 Å². The number of aliphatic hydroxyl groups excluding tert-OH is 2. The maximum Gasteiger partial charge on any atom is 0.148 e. The van der Waals surface area contributed by atoms with Crippen molar-refractivity contribution in [1.29, 1.82) is 5.26 Å². The first-order valence-electron chi connectivity index (χ1n) is 8.80. The predicted molar refractivity (Wildman–Crippen MR) is 103 cm³/mol. The van der Waals surface area contributed by atoms with Gasteiger partial charge in [0, 0.05) is 24.0 Å². The van der Waals surface area contributed by atoms with E-state index in [1.807, 2.05) is 0 Å². The van der Waals surface area contributed by atoms with E-state index in [9.17, 15) is 19.9 Å². The summed E-state index contributed by atoms with van der Waals surface area (Å²) in [5.41, 5.74) is 1.94. The van der Waals surface area contributed by atoms with E-state index in [-0.39, 0.29) is 18.7 Å². The lowest BCUT2D eigenvalue weighted by Crippen LogP contribution is -2.23. The molecule has 4 rings (SSSR count). The second-order valence-electron chi connectivity index (χ2n) is 6.73. The monoisotopic (exact) mass is 379 g/mol. The van der Waals surface area contributed by atoms with Gasteiger partial charge >= 0.3 is 0 Å². The minimum absolute atomic E-state index is 0.160. The van der Waals surface area contributed by atoms with Gasteiger partial charge in [-0.2, -0.15) is 5.26 Å². The standard InChI is InChI=1S/C21H18FN3O3/c1-28-14-5-6-17-15(8-14)20(12-3-2-4-13(22)7-12)16(9-23)21(24-17)25-10-18(26)19(27)11-25/h2-8,18-19,26-27H,10-11H2,1H3. The van der Waals surface area contributed by atoms with E-state index < -0.39 is 18.0 Å². The highest BCUT2D eigenvalue weighted by atomic mass is 19.1. The van der Waals surface area contributed by atoms with Crippen LogP contribution in [0.3, 0.4) is 0 Å². The number of nitrogens with zero attached hydrogens (tertiary/aromatic N) is 3. The summed E-state index contributed by atoms with van der Waals surface area (Å²) in [6.45, 7) is 0.320. The first-order chi connectivity index (χ1) is 13.5. The lowest BCUT2D eigenvalue weighted by atomic mass is 9.95. The molecule has 6 nitrogen and oxygen atoms in total. The summed E-state index contributed by atoms with van der Waals surface area (Å²) in [5, 5.41) is 30.5. The van der Waals surface area contributed by atoms with Crippen molar-refractivity contribution in [2.75, 3.05) is 25.1 Å². The van der Waals surface area contributed by atoms with Crippen LogP contribution in [0.1, 0.15) is 5.56 Å². The Hall–Kier alpha value is -3.21. The number of hydrogen-bond donors (Lipinski definition) is 2. The summed E-state index contributed by atoms with van der Waals surface area (Å²) in [6.07, 6.45) is -1.84. The molecule has 1 aromatic heterocycles. The van der Waals surface area contributed by atoms with Gasteiger partial charge < -0.3 is 19.8 Å². The van der Waals surface area contributed by atoms with Gasteiger partial charge in [-0.05, 0) is 35.9 Å². The maximum absolute atomic E-state index is 13.9. The number of aromatic nitrogens is 1. The lowest BCUT2D eigenvalue weighted by molar-refractivity contribution is 0.0572. The third-order valence-corrected chi connectivity index (χ3v) is 4.96. The van der Waals surface area contributed by atoms with Gasteiger partial charge in [0.15, 0.2) is 0 Å². The molecule has 2 atom stereocenters. The average molecular weight is 379 g/mol. The van der Waals surface area contributed by atoms with Crippen LogP contribution in [0.4, 0.5) is 10.2 Å². The largest absolute Gasteiger partial charge is 0.497 e.